The lowest BCUT2D eigenvalue weighted by atomic mass is 10.1. The van der Waals surface area contributed by atoms with Crippen LogP contribution in [0.4, 0.5) is 0 Å². The molecule has 0 heterocycles. The summed E-state index contributed by atoms with van der Waals surface area (Å²) >= 11 is 0. The number of hydrogen-bond acceptors (Lipinski definition) is 1. The molecule has 1 atom stereocenters. The van der Waals surface area contributed by atoms with Gasteiger partial charge in [-0.3, -0.25) is 4.67 Å². The molecule has 10 heavy (non-hydrogen) atoms. The Labute approximate surface area is 68.4 Å². The fourth-order valence-corrected chi connectivity index (χ4v) is 0.611. The maximum absolute atomic E-state index is 2.66. The number of nitrogens with zero attached hydrogens (tertiary/aromatic N) is 1. The van der Waals surface area contributed by atoms with Crippen LogP contribution in [0, 0.1) is 5.92 Å². The summed E-state index contributed by atoms with van der Waals surface area (Å²) in [7, 11) is 4.73. The third-order valence-corrected chi connectivity index (χ3v) is 1.32. The van der Waals surface area contributed by atoms with Gasteiger partial charge in [0.25, 0.3) is 0 Å². The molecule has 0 aliphatic rings. The molecule has 0 radical (unpaired) electrons. The molecule has 0 rings (SSSR count). The van der Waals surface area contributed by atoms with Gasteiger partial charge in [-0.05, 0) is 19.4 Å². The fourth-order valence-electron chi connectivity index (χ4n) is 0.462. The van der Waals surface area contributed by atoms with Crippen molar-refractivity contribution in [3.8, 4) is 0 Å². The standard InChI is InChI=1S/C6H16NP.C2H6/c1-6(2)4-5-7(3)8;1-2/h6H,4-5,8H2,1-3H3;1-2H3. The summed E-state index contributed by atoms with van der Waals surface area (Å²) < 4.78 is 2.14. The van der Waals surface area contributed by atoms with E-state index in [4.69, 9.17) is 0 Å². The van der Waals surface area contributed by atoms with E-state index in [0.717, 1.165) is 5.92 Å². The first-order valence-corrected chi connectivity index (χ1v) is 4.60. The van der Waals surface area contributed by atoms with E-state index < -0.39 is 0 Å². The average Bonchev–Trinajstić information content (AvgIpc) is 1.89. The van der Waals surface area contributed by atoms with E-state index in [1.807, 2.05) is 13.8 Å². The van der Waals surface area contributed by atoms with Gasteiger partial charge in [0, 0.05) is 6.54 Å². The molecule has 0 bridgehead atoms. The second-order valence-electron chi connectivity index (χ2n) is 2.66. The zero-order chi connectivity index (χ0) is 8.57. The lowest BCUT2D eigenvalue weighted by Crippen LogP contribution is -2.07. The second kappa shape index (κ2) is 9.39. The first kappa shape index (κ1) is 13.0. The highest BCUT2D eigenvalue weighted by molar-refractivity contribution is 7.13. The van der Waals surface area contributed by atoms with Crippen LogP contribution >= 0.6 is 9.39 Å². The molecule has 0 aromatic heterocycles. The van der Waals surface area contributed by atoms with Gasteiger partial charge in [-0.2, -0.15) is 0 Å². The van der Waals surface area contributed by atoms with Crippen molar-refractivity contribution < 1.29 is 0 Å². The van der Waals surface area contributed by atoms with Crippen molar-refractivity contribution in [1.29, 1.82) is 0 Å². The van der Waals surface area contributed by atoms with Crippen LogP contribution in [0.2, 0.25) is 0 Å². The molecular weight excluding hydrogens is 141 g/mol. The van der Waals surface area contributed by atoms with Crippen molar-refractivity contribution in [2.75, 3.05) is 13.6 Å². The molecule has 2 heteroatoms. The highest BCUT2D eigenvalue weighted by Crippen LogP contribution is 2.02. The summed E-state index contributed by atoms with van der Waals surface area (Å²) in [6.07, 6.45) is 1.29. The molecule has 0 amide bonds. The third kappa shape index (κ3) is 15.8. The largest absolute Gasteiger partial charge is 0.290 e. The Morgan fingerprint density at radius 3 is 1.80 bits per heavy atom. The molecule has 0 aliphatic carbocycles. The normalized spacial score (nSPS) is 9.60. The summed E-state index contributed by atoms with van der Waals surface area (Å²) in [5.41, 5.74) is 0. The molecule has 0 N–H and O–H groups in total. The first-order valence-electron chi connectivity index (χ1n) is 4.08. The van der Waals surface area contributed by atoms with Crippen LogP contribution in [-0.4, -0.2) is 18.3 Å². The molecule has 64 valence electrons. The molecule has 1 nitrogen and oxygen atoms in total. The Kier molecular flexibility index (Phi) is 12.2. The van der Waals surface area contributed by atoms with E-state index in [2.05, 4.69) is 35.0 Å². The van der Waals surface area contributed by atoms with E-state index in [9.17, 15) is 0 Å². The molecular formula is C8H22NP. The molecule has 0 aromatic rings. The van der Waals surface area contributed by atoms with Crippen LogP contribution in [0.1, 0.15) is 34.1 Å². The second-order valence-corrected chi connectivity index (χ2v) is 3.54. The average molecular weight is 163 g/mol. The highest BCUT2D eigenvalue weighted by Gasteiger charge is 1.93. The monoisotopic (exact) mass is 163 g/mol. The zero-order valence-electron chi connectivity index (χ0n) is 8.02. The quantitative estimate of drug-likeness (QED) is 0.578. The van der Waals surface area contributed by atoms with E-state index in [-0.39, 0.29) is 0 Å². The molecule has 0 fully saturated rings. The minimum absolute atomic E-state index is 0.831. The van der Waals surface area contributed by atoms with Crippen molar-refractivity contribution >= 4 is 9.39 Å². The van der Waals surface area contributed by atoms with Gasteiger partial charge in [-0.15, -0.1) is 0 Å². The summed E-state index contributed by atoms with van der Waals surface area (Å²) in [6.45, 7) is 9.67. The summed E-state index contributed by atoms with van der Waals surface area (Å²) in [4.78, 5) is 0. The summed E-state index contributed by atoms with van der Waals surface area (Å²) in [6, 6.07) is 0. The summed E-state index contributed by atoms with van der Waals surface area (Å²) in [5.74, 6) is 0.831. The maximum atomic E-state index is 2.66. The smallest absolute Gasteiger partial charge is 0.00155 e. The Morgan fingerprint density at radius 2 is 1.70 bits per heavy atom. The predicted molar refractivity (Wildman–Crippen MR) is 53.1 cm³/mol. The molecule has 0 spiro atoms. The number of hydrogen-bond donors (Lipinski definition) is 0. The Hall–Kier alpha value is 0.390. The van der Waals surface area contributed by atoms with Crippen LogP contribution in [0.15, 0.2) is 0 Å². The van der Waals surface area contributed by atoms with Gasteiger partial charge in [-0.25, -0.2) is 0 Å². The van der Waals surface area contributed by atoms with E-state index in [1.54, 1.807) is 0 Å². The Bertz CT molecular complexity index is 45.2. The summed E-state index contributed by atoms with van der Waals surface area (Å²) in [5, 5.41) is 0. The minimum Gasteiger partial charge on any atom is -0.290 e. The Morgan fingerprint density at radius 1 is 1.30 bits per heavy atom. The van der Waals surface area contributed by atoms with Crippen molar-refractivity contribution in [1.82, 2.24) is 4.67 Å². The minimum atomic E-state index is 0.831. The van der Waals surface area contributed by atoms with Crippen molar-refractivity contribution in [3.05, 3.63) is 0 Å². The van der Waals surface area contributed by atoms with Crippen LogP contribution in [0.3, 0.4) is 0 Å². The lowest BCUT2D eigenvalue weighted by Gasteiger charge is -2.09. The van der Waals surface area contributed by atoms with Crippen LogP contribution < -0.4 is 0 Å². The van der Waals surface area contributed by atoms with Gasteiger partial charge in [0.1, 0.15) is 0 Å². The van der Waals surface area contributed by atoms with Gasteiger partial charge < -0.3 is 0 Å². The zero-order valence-corrected chi connectivity index (χ0v) is 9.17. The van der Waals surface area contributed by atoms with Gasteiger partial charge >= 0.3 is 0 Å². The van der Waals surface area contributed by atoms with E-state index in [1.165, 1.54) is 13.0 Å². The predicted octanol–water partition coefficient (Wildman–Crippen LogP) is 2.78. The molecule has 0 aromatic carbocycles. The van der Waals surface area contributed by atoms with Gasteiger partial charge in [0.15, 0.2) is 0 Å². The van der Waals surface area contributed by atoms with Gasteiger partial charge in [0.2, 0.25) is 0 Å². The van der Waals surface area contributed by atoms with E-state index in [0.29, 0.717) is 0 Å². The third-order valence-electron chi connectivity index (χ3n) is 1.06. The van der Waals surface area contributed by atoms with Crippen LogP contribution in [-0.2, 0) is 0 Å². The van der Waals surface area contributed by atoms with Crippen molar-refractivity contribution in [2.24, 2.45) is 5.92 Å². The first-order chi connectivity index (χ1) is 4.63. The molecule has 0 aliphatic heterocycles. The molecule has 0 saturated heterocycles. The van der Waals surface area contributed by atoms with Crippen LogP contribution in [0.5, 0.6) is 0 Å². The highest BCUT2D eigenvalue weighted by atomic mass is 31.0. The van der Waals surface area contributed by atoms with Crippen molar-refractivity contribution in [2.45, 2.75) is 34.1 Å². The van der Waals surface area contributed by atoms with E-state index >= 15 is 0 Å². The van der Waals surface area contributed by atoms with Gasteiger partial charge in [0.05, 0.1) is 0 Å². The SMILES string of the molecule is CC.CC(C)CCN(C)P. The van der Waals surface area contributed by atoms with Crippen LogP contribution in [0.25, 0.3) is 0 Å². The topological polar surface area (TPSA) is 3.24 Å². The fraction of sp³-hybridized carbons (Fsp3) is 1.00. The molecule has 0 saturated carbocycles. The maximum Gasteiger partial charge on any atom is 0.00155 e. The molecule has 1 unspecified atom stereocenters. The van der Waals surface area contributed by atoms with Crippen molar-refractivity contribution in [3.63, 3.8) is 0 Å². The lowest BCUT2D eigenvalue weighted by molar-refractivity contribution is 0.472. The Balaban J connectivity index is 0. The number of rotatable bonds is 3. The van der Waals surface area contributed by atoms with Gasteiger partial charge in [-0.1, -0.05) is 37.1 Å².